The number of carbonyl (C=O) groups is 1. The molecule has 5 heteroatoms. The molecule has 0 spiro atoms. The number of fused-ring (bicyclic) bond motifs is 1. The molecule has 0 saturated carbocycles. The Kier molecular flexibility index (Phi) is 6.72. The average Bonchev–Trinajstić information content (AvgIpc) is 2.81. The minimum Gasteiger partial charge on any atom is -0.494 e. The van der Waals surface area contributed by atoms with Crippen LogP contribution in [0.4, 0.5) is 5.69 Å². The smallest absolute Gasteiger partial charge is 0.222 e. The lowest BCUT2D eigenvalue weighted by molar-refractivity contribution is -0.121. The highest BCUT2D eigenvalue weighted by Crippen LogP contribution is 2.35. The molecule has 0 aromatic heterocycles. The van der Waals surface area contributed by atoms with Crippen LogP contribution in [0.25, 0.3) is 0 Å². The number of hydrogen-bond acceptors (Lipinski definition) is 4. The highest BCUT2D eigenvalue weighted by atomic mass is 16.5. The van der Waals surface area contributed by atoms with E-state index in [-0.39, 0.29) is 11.9 Å². The zero-order chi connectivity index (χ0) is 21.5. The zero-order valence-corrected chi connectivity index (χ0v) is 17.8. The first-order valence-corrected chi connectivity index (χ1v) is 10.7. The lowest BCUT2D eigenvalue weighted by Gasteiger charge is -2.38. The van der Waals surface area contributed by atoms with Gasteiger partial charge in [-0.15, -0.1) is 0 Å². The Morgan fingerprint density at radius 3 is 2.61 bits per heavy atom. The van der Waals surface area contributed by atoms with E-state index in [9.17, 15) is 4.79 Å². The number of hydrogen-bond donors (Lipinski definition) is 1. The van der Waals surface area contributed by atoms with Crippen molar-refractivity contribution in [3.63, 3.8) is 0 Å². The highest BCUT2D eigenvalue weighted by Gasteiger charge is 2.29. The lowest BCUT2D eigenvalue weighted by Crippen LogP contribution is -2.45. The normalized spacial score (nSPS) is 15.0. The van der Waals surface area contributed by atoms with Crippen LogP contribution in [0.1, 0.15) is 24.5 Å². The van der Waals surface area contributed by atoms with Gasteiger partial charge >= 0.3 is 0 Å². The van der Waals surface area contributed by atoms with Crippen LogP contribution in [-0.4, -0.2) is 25.2 Å². The van der Waals surface area contributed by atoms with Gasteiger partial charge in [0.25, 0.3) is 0 Å². The summed E-state index contributed by atoms with van der Waals surface area (Å²) in [5, 5.41) is 3.05. The summed E-state index contributed by atoms with van der Waals surface area (Å²) in [5.74, 6) is 1.67. The summed E-state index contributed by atoms with van der Waals surface area (Å²) in [4.78, 5) is 15.1. The van der Waals surface area contributed by atoms with Crippen molar-refractivity contribution in [1.82, 2.24) is 5.32 Å². The standard InChI is InChI=1S/C26H28N2O3/c1-2-30-24-14-8-6-12-21(24)17-27-26(29)16-22-19-31-25-15-9-7-13-23(25)28(22)18-20-10-4-3-5-11-20/h3-15,22H,2,16-19H2,1H3,(H,27,29). The van der Waals surface area contributed by atoms with Crippen LogP contribution in [0.2, 0.25) is 0 Å². The van der Waals surface area contributed by atoms with Gasteiger partial charge in [0, 0.05) is 18.7 Å². The van der Waals surface area contributed by atoms with Gasteiger partial charge in [-0.1, -0.05) is 60.7 Å². The van der Waals surface area contributed by atoms with E-state index in [0.29, 0.717) is 26.2 Å². The molecule has 31 heavy (non-hydrogen) atoms. The number of benzene rings is 3. The van der Waals surface area contributed by atoms with Gasteiger partial charge in [0.1, 0.15) is 18.1 Å². The maximum atomic E-state index is 12.8. The van der Waals surface area contributed by atoms with Crippen LogP contribution in [0.15, 0.2) is 78.9 Å². The lowest BCUT2D eigenvalue weighted by atomic mass is 10.1. The molecule has 0 radical (unpaired) electrons. The van der Waals surface area contributed by atoms with Gasteiger partial charge in [-0.2, -0.15) is 0 Å². The van der Waals surface area contributed by atoms with Crippen molar-refractivity contribution in [3.8, 4) is 11.5 Å². The molecule has 1 N–H and O–H groups in total. The molecule has 0 saturated heterocycles. The Bertz CT molecular complexity index is 1010. The van der Waals surface area contributed by atoms with Gasteiger partial charge in [0.2, 0.25) is 5.91 Å². The van der Waals surface area contributed by atoms with Crippen molar-refractivity contribution in [2.45, 2.75) is 32.5 Å². The van der Waals surface area contributed by atoms with Gasteiger partial charge < -0.3 is 19.7 Å². The Morgan fingerprint density at radius 1 is 1.03 bits per heavy atom. The van der Waals surface area contributed by atoms with Gasteiger partial charge in [-0.25, -0.2) is 0 Å². The number of anilines is 1. The van der Waals surface area contributed by atoms with Crippen molar-refractivity contribution in [2.24, 2.45) is 0 Å². The third-order valence-electron chi connectivity index (χ3n) is 5.41. The fraction of sp³-hybridized carbons (Fsp3) is 0.269. The summed E-state index contributed by atoms with van der Waals surface area (Å²) >= 11 is 0. The number of rotatable bonds is 8. The van der Waals surface area contributed by atoms with Crippen molar-refractivity contribution in [1.29, 1.82) is 0 Å². The van der Waals surface area contributed by atoms with E-state index in [0.717, 1.165) is 29.3 Å². The quantitative estimate of drug-likeness (QED) is 0.585. The van der Waals surface area contributed by atoms with E-state index in [1.165, 1.54) is 5.56 Å². The van der Waals surface area contributed by atoms with Crippen molar-refractivity contribution < 1.29 is 14.3 Å². The Balaban J connectivity index is 1.45. The highest BCUT2D eigenvalue weighted by molar-refractivity contribution is 5.78. The van der Waals surface area contributed by atoms with E-state index < -0.39 is 0 Å². The van der Waals surface area contributed by atoms with Crippen molar-refractivity contribution in [3.05, 3.63) is 90.0 Å². The van der Waals surface area contributed by atoms with Crippen molar-refractivity contribution in [2.75, 3.05) is 18.1 Å². The third kappa shape index (κ3) is 5.18. The number of ether oxygens (including phenoxy) is 2. The molecule has 1 aliphatic rings. The summed E-state index contributed by atoms with van der Waals surface area (Å²) in [6.45, 7) is 4.20. The molecule has 1 aliphatic heterocycles. The molecule has 3 aromatic carbocycles. The maximum Gasteiger partial charge on any atom is 0.222 e. The third-order valence-corrected chi connectivity index (χ3v) is 5.41. The minimum atomic E-state index is -0.0442. The predicted molar refractivity (Wildman–Crippen MR) is 122 cm³/mol. The van der Waals surface area contributed by atoms with Crippen LogP contribution in [0, 0.1) is 0 Å². The van der Waals surface area contributed by atoms with Gasteiger partial charge in [0.05, 0.1) is 24.8 Å². The summed E-state index contributed by atoms with van der Waals surface area (Å²) in [7, 11) is 0. The van der Waals surface area contributed by atoms with E-state index in [4.69, 9.17) is 9.47 Å². The van der Waals surface area contributed by atoms with Crippen LogP contribution >= 0.6 is 0 Å². The van der Waals surface area contributed by atoms with E-state index in [1.807, 2.05) is 67.6 Å². The second kappa shape index (κ2) is 10.0. The monoisotopic (exact) mass is 416 g/mol. The largest absolute Gasteiger partial charge is 0.494 e. The van der Waals surface area contributed by atoms with Crippen LogP contribution < -0.4 is 19.7 Å². The number of amides is 1. The predicted octanol–water partition coefficient (Wildman–Crippen LogP) is 4.56. The van der Waals surface area contributed by atoms with E-state index in [2.05, 4.69) is 28.4 Å². The molecule has 1 unspecified atom stereocenters. The molecule has 1 heterocycles. The Labute approximate surface area is 183 Å². The second-order valence-corrected chi connectivity index (χ2v) is 7.57. The molecule has 5 nitrogen and oxygen atoms in total. The molecule has 1 atom stereocenters. The molecule has 0 bridgehead atoms. The fourth-order valence-electron chi connectivity index (χ4n) is 3.88. The van der Waals surface area contributed by atoms with Gasteiger partial charge in [-0.3, -0.25) is 4.79 Å². The van der Waals surface area contributed by atoms with Gasteiger partial charge in [-0.05, 0) is 30.7 Å². The number of carbonyl (C=O) groups excluding carboxylic acids is 1. The average molecular weight is 417 g/mol. The molecule has 0 fully saturated rings. The molecule has 3 aromatic rings. The summed E-state index contributed by atoms with van der Waals surface area (Å²) in [6.07, 6.45) is 0.359. The summed E-state index contributed by atoms with van der Waals surface area (Å²) < 4.78 is 11.6. The Hall–Kier alpha value is -3.47. The second-order valence-electron chi connectivity index (χ2n) is 7.57. The van der Waals surface area contributed by atoms with Crippen LogP contribution in [0.3, 0.4) is 0 Å². The number of nitrogens with zero attached hydrogens (tertiary/aromatic N) is 1. The first-order valence-electron chi connectivity index (χ1n) is 10.7. The fourth-order valence-corrected chi connectivity index (χ4v) is 3.88. The number of para-hydroxylation sites is 3. The zero-order valence-electron chi connectivity index (χ0n) is 17.8. The molecule has 1 amide bonds. The van der Waals surface area contributed by atoms with Gasteiger partial charge in [0.15, 0.2) is 0 Å². The maximum absolute atomic E-state index is 12.8. The molecule has 4 rings (SSSR count). The Morgan fingerprint density at radius 2 is 1.77 bits per heavy atom. The molecule has 160 valence electrons. The molecular weight excluding hydrogens is 388 g/mol. The van der Waals surface area contributed by atoms with Crippen LogP contribution in [0.5, 0.6) is 11.5 Å². The SMILES string of the molecule is CCOc1ccccc1CNC(=O)CC1COc2ccccc2N1Cc1ccccc1. The topological polar surface area (TPSA) is 50.8 Å². The van der Waals surface area contributed by atoms with Crippen LogP contribution in [-0.2, 0) is 17.9 Å². The first kappa shape index (κ1) is 20.8. The summed E-state index contributed by atoms with van der Waals surface area (Å²) in [6, 6.07) is 26.1. The minimum absolute atomic E-state index is 0.00246. The van der Waals surface area contributed by atoms with E-state index in [1.54, 1.807) is 0 Å². The van der Waals surface area contributed by atoms with Crippen molar-refractivity contribution >= 4 is 11.6 Å². The summed E-state index contributed by atoms with van der Waals surface area (Å²) in [5.41, 5.74) is 3.21. The van der Waals surface area contributed by atoms with E-state index >= 15 is 0 Å². The number of nitrogens with one attached hydrogen (secondary N) is 1. The molecular formula is C26H28N2O3. The molecule has 0 aliphatic carbocycles. The first-order chi connectivity index (χ1) is 15.2.